The van der Waals surface area contributed by atoms with E-state index in [0.717, 1.165) is 16.8 Å². The van der Waals surface area contributed by atoms with Gasteiger partial charge in [-0.3, -0.25) is 9.59 Å². The Kier molecular flexibility index (Phi) is 5.02. The lowest BCUT2D eigenvalue weighted by Crippen LogP contribution is -2.23. The Hall–Kier alpha value is -3.55. The van der Waals surface area contributed by atoms with Crippen molar-refractivity contribution in [3.05, 3.63) is 71.0 Å². The molecule has 0 saturated carbocycles. The second-order valence-corrected chi connectivity index (χ2v) is 5.71. The van der Waals surface area contributed by atoms with Gasteiger partial charge in [0.2, 0.25) is 0 Å². The first-order valence-corrected chi connectivity index (χ1v) is 8.01. The highest BCUT2D eigenvalue weighted by Gasteiger charge is 2.10. The van der Waals surface area contributed by atoms with Crippen LogP contribution in [0.4, 0.5) is 0 Å². The average Bonchev–Trinajstić information content (AvgIpc) is 3.20. The maximum absolute atomic E-state index is 12.4. The van der Waals surface area contributed by atoms with E-state index in [4.69, 9.17) is 0 Å². The first kappa shape index (κ1) is 17.3. The van der Waals surface area contributed by atoms with Crippen molar-refractivity contribution in [1.29, 1.82) is 0 Å². The monoisotopic (exact) mass is 350 g/mol. The molecule has 1 heterocycles. The number of carbonyl (C=O) groups excluding carboxylic acids is 2. The number of aromatic nitrogens is 4. The van der Waals surface area contributed by atoms with Gasteiger partial charge in [-0.2, -0.15) is 0 Å². The number of aryl methyl sites for hydroxylation is 1. The third-order valence-corrected chi connectivity index (χ3v) is 3.95. The summed E-state index contributed by atoms with van der Waals surface area (Å²) in [6, 6.07) is 12.4. The second kappa shape index (κ2) is 7.56. The molecule has 0 aliphatic rings. The van der Waals surface area contributed by atoms with Crippen LogP contribution in [0.5, 0.6) is 0 Å². The highest BCUT2D eigenvalue weighted by Crippen LogP contribution is 2.14. The molecule has 26 heavy (non-hydrogen) atoms. The quantitative estimate of drug-likeness (QED) is 0.721. The van der Waals surface area contributed by atoms with Gasteiger partial charge in [-0.25, -0.2) is 4.68 Å². The van der Waals surface area contributed by atoms with Gasteiger partial charge >= 0.3 is 0 Å². The fourth-order valence-electron chi connectivity index (χ4n) is 2.53. The summed E-state index contributed by atoms with van der Waals surface area (Å²) in [5, 5.41) is 16.5. The Morgan fingerprint density at radius 3 is 2.38 bits per heavy atom. The third-order valence-electron chi connectivity index (χ3n) is 3.95. The molecule has 0 saturated heterocycles. The summed E-state index contributed by atoms with van der Waals surface area (Å²) in [4.78, 5) is 23.9. The fraction of sp³-hybridized carbons (Fsp3) is 0.167. The van der Waals surface area contributed by atoms with E-state index in [-0.39, 0.29) is 11.8 Å². The van der Waals surface area contributed by atoms with Crippen molar-refractivity contribution in [2.45, 2.75) is 13.5 Å². The largest absolute Gasteiger partial charge is 0.355 e. The molecule has 2 amide bonds. The standard InChI is InChI=1S/C18H18N6O2/c1-12-9-15(7-8-16(12)24-11-21-22-23-24)18(26)20-10-13-3-5-14(6-4-13)17(25)19-2/h3-9,11H,10H2,1-2H3,(H,19,25)(H,20,26). The van der Waals surface area contributed by atoms with Crippen LogP contribution < -0.4 is 10.6 Å². The van der Waals surface area contributed by atoms with Crippen LogP contribution in [0.2, 0.25) is 0 Å². The Balaban J connectivity index is 1.65. The predicted octanol–water partition coefficient (Wildman–Crippen LogP) is 1.26. The van der Waals surface area contributed by atoms with Crippen molar-refractivity contribution in [2.24, 2.45) is 0 Å². The van der Waals surface area contributed by atoms with E-state index in [1.165, 1.54) is 6.33 Å². The van der Waals surface area contributed by atoms with Crippen molar-refractivity contribution in [3.8, 4) is 5.69 Å². The normalized spacial score (nSPS) is 10.4. The van der Waals surface area contributed by atoms with E-state index in [2.05, 4.69) is 26.2 Å². The van der Waals surface area contributed by atoms with Gasteiger partial charge in [-0.1, -0.05) is 12.1 Å². The van der Waals surface area contributed by atoms with Gasteiger partial charge < -0.3 is 10.6 Å². The highest BCUT2D eigenvalue weighted by atomic mass is 16.2. The van der Waals surface area contributed by atoms with Gasteiger partial charge in [0.25, 0.3) is 11.8 Å². The molecular formula is C18H18N6O2. The van der Waals surface area contributed by atoms with Crippen LogP contribution in [-0.4, -0.2) is 39.1 Å². The topological polar surface area (TPSA) is 102 Å². The Morgan fingerprint density at radius 2 is 1.77 bits per heavy atom. The zero-order valence-corrected chi connectivity index (χ0v) is 14.4. The third kappa shape index (κ3) is 3.75. The maximum atomic E-state index is 12.4. The molecule has 8 nitrogen and oxygen atoms in total. The van der Waals surface area contributed by atoms with Crippen LogP contribution in [-0.2, 0) is 6.54 Å². The summed E-state index contributed by atoms with van der Waals surface area (Å²) in [6.07, 6.45) is 1.50. The molecule has 2 N–H and O–H groups in total. The minimum absolute atomic E-state index is 0.140. The summed E-state index contributed by atoms with van der Waals surface area (Å²) >= 11 is 0. The molecule has 2 aromatic carbocycles. The zero-order chi connectivity index (χ0) is 18.5. The van der Waals surface area contributed by atoms with Crippen LogP contribution >= 0.6 is 0 Å². The maximum Gasteiger partial charge on any atom is 0.251 e. The lowest BCUT2D eigenvalue weighted by Gasteiger charge is -2.09. The lowest BCUT2D eigenvalue weighted by atomic mass is 10.1. The number of tetrazole rings is 1. The summed E-state index contributed by atoms with van der Waals surface area (Å²) in [5.74, 6) is -0.314. The molecular weight excluding hydrogens is 332 g/mol. The number of hydrogen-bond acceptors (Lipinski definition) is 5. The highest BCUT2D eigenvalue weighted by molar-refractivity contribution is 5.95. The minimum atomic E-state index is -0.174. The molecule has 3 aromatic rings. The van der Waals surface area contributed by atoms with Crippen molar-refractivity contribution in [2.75, 3.05) is 7.05 Å². The SMILES string of the molecule is CNC(=O)c1ccc(CNC(=O)c2ccc(-n3cnnn3)c(C)c2)cc1. The molecule has 132 valence electrons. The molecule has 0 atom stereocenters. The molecule has 0 radical (unpaired) electrons. The van der Waals surface area contributed by atoms with E-state index in [0.29, 0.717) is 17.7 Å². The first-order valence-electron chi connectivity index (χ1n) is 8.01. The number of carbonyl (C=O) groups is 2. The van der Waals surface area contributed by atoms with Crippen molar-refractivity contribution in [3.63, 3.8) is 0 Å². The molecule has 1 aromatic heterocycles. The van der Waals surface area contributed by atoms with Crippen molar-refractivity contribution < 1.29 is 9.59 Å². The second-order valence-electron chi connectivity index (χ2n) is 5.71. The molecule has 8 heteroatoms. The Morgan fingerprint density at radius 1 is 1.04 bits per heavy atom. The van der Waals surface area contributed by atoms with Gasteiger partial charge in [0.15, 0.2) is 0 Å². The van der Waals surface area contributed by atoms with Crippen LogP contribution in [0, 0.1) is 6.92 Å². The van der Waals surface area contributed by atoms with Crippen LogP contribution in [0.25, 0.3) is 5.69 Å². The minimum Gasteiger partial charge on any atom is -0.355 e. The summed E-state index contributed by atoms with van der Waals surface area (Å²) in [5.41, 5.74) is 3.75. The molecule has 0 bridgehead atoms. The molecule has 3 rings (SSSR count). The number of rotatable bonds is 5. The molecule has 0 spiro atoms. The van der Waals surface area contributed by atoms with Gasteiger partial charge in [0.1, 0.15) is 6.33 Å². The number of amides is 2. The summed E-state index contributed by atoms with van der Waals surface area (Å²) < 4.78 is 1.55. The Labute approximate surface area is 150 Å². The lowest BCUT2D eigenvalue weighted by molar-refractivity contribution is 0.0946. The van der Waals surface area contributed by atoms with E-state index < -0.39 is 0 Å². The van der Waals surface area contributed by atoms with Gasteiger partial charge in [0, 0.05) is 24.7 Å². The summed E-state index contributed by atoms with van der Waals surface area (Å²) in [6.45, 7) is 2.27. The van der Waals surface area contributed by atoms with Crippen LogP contribution in [0.1, 0.15) is 31.8 Å². The predicted molar refractivity (Wildman–Crippen MR) is 94.9 cm³/mol. The van der Waals surface area contributed by atoms with E-state index >= 15 is 0 Å². The van der Waals surface area contributed by atoms with E-state index in [1.807, 2.05) is 19.1 Å². The molecule has 0 unspecified atom stereocenters. The fourth-order valence-corrected chi connectivity index (χ4v) is 2.53. The molecule has 0 fully saturated rings. The Bertz CT molecular complexity index is 919. The number of benzene rings is 2. The zero-order valence-electron chi connectivity index (χ0n) is 14.4. The smallest absolute Gasteiger partial charge is 0.251 e. The number of nitrogens with one attached hydrogen (secondary N) is 2. The number of nitrogens with zero attached hydrogens (tertiary/aromatic N) is 4. The summed E-state index contributed by atoms with van der Waals surface area (Å²) in [7, 11) is 1.59. The van der Waals surface area contributed by atoms with Gasteiger partial charge in [-0.15, -0.1) is 5.10 Å². The first-order chi connectivity index (χ1) is 12.6. The molecule has 0 aliphatic heterocycles. The van der Waals surface area contributed by atoms with Gasteiger partial charge in [0.05, 0.1) is 5.69 Å². The van der Waals surface area contributed by atoms with Gasteiger partial charge in [-0.05, 0) is 58.8 Å². The van der Waals surface area contributed by atoms with Crippen LogP contribution in [0.15, 0.2) is 48.8 Å². The van der Waals surface area contributed by atoms with E-state index in [1.54, 1.807) is 42.1 Å². The molecule has 0 aliphatic carbocycles. The van der Waals surface area contributed by atoms with Crippen LogP contribution in [0.3, 0.4) is 0 Å². The number of hydrogen-bond donors (Lipinski definition) is 2. The average molecular weight is 350 g/mol. The van der Waals surface area contributed by atoms with E-state index in [9.17, 15) is 9.59 Å². The van der Waals surface area contributed by atoms with Crippen molar-refractivity contribution >= 4 is 11.8 Å². The van der Waals surface area contributed by atoms with Crippen molar-refractivity contribution in [1.82, 2.24) is 30.8 Å².